The summed E-state index contributed by atoms with van der Waals surface area (Å²) >= 11 is 0. The monoisotopic (exact) mass is 163 g/mol. The zero-order valence-corrected chi connectivity index (χ0v) is 7.47. The van der Waals surface area contributed by atoms with Crippen LogP contribution in [-0.2, 0) is 4.79 Å². The summed E-state index contributed by atoms with van der Waals surface area (Å²) in [6, 6.07) is 3.65. The van der Waals surface area contributed by atoms with E-state index in [1.807, 2.05) is 32.9 Å². The summed E-state index contributed by atoms with van der Waals surface area (Å²) in [6.45, 7) is 7.42. The molecule has 0 spiro atoms. The lowest BCUT2D eigenvalue weighted by atomic mass is 10.0. The van der Waals surface area contributed by atoms with Crippen molar-refractivity contribution in [3.63, 3.8) is 0 Å². The highest BCUT2D eigenvalue weighted by Gasteiger charge is 2.00. The zero-order valence-electron chi connectivity index (χ0n) is 7.47. The summed E-state index contributed by atoms with van der Waals surface area (Å²) in [5.74, 6) is 0.561. The average molecular weight is 163 g/mol. The Morgan fingerprint density at radius 3 is 2.08 bits per heavy atom. The Balaban J connectivity index is 3.11. The predicted molar refractivity (Wildman–Crippen MR) is 47.0 cm³/mol. The van der Waals surface area contributed by atoms with Gasteiger partial charge in [0, 0.05) is 0 Å². The van der Waals surface area contributed by atoms with Gasteiger partial charge < -0.3 is 4.74 Å². The van der Waals surface area contributed by atoms with Crippen molar-refractivity contribution in [2.75, 3.05) is 0 Å². The summed E-state index contributed by atoms with van der Waals surface area (Å²) in [4.78, 5) is 9.93. The second kappa shape index (κ2) is 3.39. The normalized spacial score (nSPS) is 9.58. The van der Waals surface area contributed by atoms with E-state index in [1.165, 1.54) is 12.0 Å². The quantitative estimate of drug-likeness (QED) is 0.667. The minimum atomic E-state index is 0.561. The largest absolute Gasteiger partial charge is 0.423 e. The van der Waals surface area contributed by atoms with Gasteiger partial charge in [0.05, 0.1) is 0 Å². The Kier molecular flexibility index (Phi) is 2.48. The van der Waals surface area contributed by atoms with Crippen molar-refractivity contribution in [3.05, 3.63) is 28.8 Å². The van der Waals surface area contributed by atoms with Gasteiger partial charge in [0.15, 0.2) is 0 Å². The van der Waals surface area contributed by atoms with Gasteiger partial charge in [-0.1, -0.05) is 0 Å². The number of ether oxygens (including phenoxy) is 1. The van der Waals surface area contributed by atoms with Crippen molar-refractivity contribution in [2.45, 2.75) is 20.8 Å². The van der Waals surface area contributed by atoms with Crippen LogP contribution in [0.3, 0.4) is 0 Å². The molecule has 63 valence electrons. The van der Waals surface area contributed by atoms with Gasteiger partial charge in [-0.3, -0.25) is 0 Å². The van der Waals surface area contributed by atoms with Gasteiger partial charge in [-0.2, -0.15) is 0 Å². The minimum absolute atomic E-state index is 0.561. The maximum atomic E-state index is 9.93. The molecule has 2 nitrogen and oxygen atoms in total. The van der Waals surface area contributed by atoms with E-state index in [9.17, 15) is 4.79 Å². The number of benzene rings is 1. The minimum Gasteiger partial charge on any atom is -0.418 e. The third-order valence-corrected chi connectivity index (χ3v) is 2.06. The predicted octanol–water partition coefficient (Wildman–Crippen LogP) is 2.06. The Morgan fingerprint density at radius 2 is 1.67 bits per heavy atom. The molecule has 0 aliphatic carbocycles. The van der Waals surface area contributed by atoms with Crippen LogP contribution in [0.15, 0.2) is 12.1 Å². The fourth-order valence-corrected chi connectivity index (χ4v) is 1.10. The zero-order chi connectivity index (χ0) is 9.14. The molecule has 0 saturated heterocycles. The first kappa shape index (κ1) is 8.78. The smallest absolute Gasteiger partial charge is 0.418 e. The standard InChI is InChI=1S/C10H11O2/c1-7-4-10(12-6-11)5-8(2)9(7)3/h4-5H,1-3H3. The average Bonchev–Trinajstić information content (AvgIpc) is 2.01. The first-order valence-corrected chi connectivity index (χ1v) is 3.77. The van der Waals surface area contributed by atoms with Crippen LogP contribution >= 0.6 is 0 Å². The Bertz CT molecular complexity index is 280. The molecule has 1 aromatic carbocycles. The van der Waals surface area contributed by atoms with Gasteiger partial charge >= 0.3 is 6.47 Å². The molecule has 0 heterocycles. The third kappa shape index (κ3) is 1.64. The van der Waals surface area contributed by atoms with Crippen molar-refractivity contribution in [1.29, 1.82) is 0 Å². The fraction of sp³-hybridized carbons (Fsp3) is 0.300. The number of carbonyl (C=O) groups excluding carboxylic acids is 1. The maximum Gasteiger partial charge on any atom is 0.423 e. The van der Waals surface area contributed by atoms with Gasteiger partial charge in [-0.05, 0) is 49.6 Å². The van der Waals surface area contributed by atoms with E-state index in [0.717, 1.165) is 11.1 Å². The lowest BCUT2D eigenvalue weighted by Crippen LogP contribution is -1.92. The van der Waals surface area contributed by atoms with Gasteiger partial charge in [-0.25, -0.2) is 4.79 Å². The highest BCUT2D eigenvalue weighted by atomic mass is 16.5. The van der Waals surface area contributed by atoms with Crippen LogP contribution in [-0.4, -0.2) is 6.47 Å². The van der Waals surface area contributed by atoms with Crippen LogP contribution in [0.25, 0.3) is 0 Å². The van der Waals surface area contributed by atoms with E-state index in [1.54, 1.807) is 0 Å². The van der Waals surface area contributed by atoms with Gasteiger partial charge in [0.1, 0.15) is 5.75 Å². The highest BCUT2D eigenvalue weighted by molar-refractivity contribution is 5.49. The van der Waals surface area contributed by atoms with Crippen LogP contribution in [0, 0.1) is 20.8 Å². The molecule has 0 amide bonds. The van der Waals surface area contributed by atoms with Crippen LogP contribution in [0.1, 0.15) is 16.7 Å². The first-order valence-electron chi connectivity index (χ1n) is 3.77. The molecule has 0 aliphatic heterocycles. The lowest BCUT2D eigenvalue weighted by molar-refractivity contribution is 0.442. The van der Waals surface area contributed by atoms with Crippen LogP contribution in [0.2, 0.25) is 0 Å². The van der Waals surface area contributed by atoms with Crippen LogP contribution in [0.5, 0.6) is 5.75 Å². The van der Waals surface area contributed by atoms with Crippen molar-refractivity contribution in [1.82, 2.24) is 0 Å². The topological polar surface area (TPSA) is 26.3 Å². The van der Waals surface area contributed by atoms with Crippen molar-refractivity contribution in [2.24, 2.45) is 0 Å². The molecule has 0 bridgehead atoms. The van der Waals surface area contributed by atoms with Gasteiger partial charge in [0.2, 0.25) is 0 Å². The van der Waals surface area contributed by atoms with Crippen molar-refractivity contribution >= 4 is 6.47 Å². The van der Waals surface area contributed by atoms with Gasteiger partial charge in [-0.15, -0.1) is 0 Å². The molecule has 1 aromatic rings. The van der Waals surface area contributed by atoms with Crippen LogP contribution in [0.4, 0.5) is 0 Å². The molecule has 0 aliphatic rings. The van der Waals surface area contributed by atoms with E-state index in [-0.39, 0.29) is 0 Å². The summed E-state index contributed by atoms with van der Waals surface area (Å²) in [6.07, 6.45) is 0. The van der Waals surface area contributed by atoms with Crippen LogP contribution < -0.4 is 4.74 Å². The second-order valence-corrected chi connectivity index (χ2v) is 2.87. The Hall–Kier alpha value is -1.31. The Labute approximate surface area is 72.2 Å². The molecule has 12 heavy (non-hydrogen) atoms. The summed E-state index contributed by atoms with van der Waals surface area (Å²) in [5.41, 5.74) is 3.48. The molecular formula is C10H11O2. The summed E-state index contributed by atoms with van der Waals surface area (Å²) < 4.78 is 4.62. The third-order valence-electron chi connectivity index (χ3n) is 2.06. The Morgan fingerprint density at radius 1 is 1.17 bits per heavy atom. The highest BCUT2D eigenvalue weighted by Crippen LogP contribution is 2.20. The van der Waals surface area contributed by atoms with E-state index >= 15 is 0 Å². The van der Waals surface area contributed by atoms with E-state index in [2.05, 4.69) is 4.74 Å². The molecule has 1 rings (SSSR count). The fourth-order valence-electron chi connectivity index (χ4n) is 1.10. The second-order valence-electron chi connectivity index (χ2n) is 2.87. The number of hydrogen-bond donors (Lipinski definition) is 0. The molecule has 0 aromatic heterocycles. The SMILES string of the molecule is Cc1cc(O[C]=O)cc(C)c1C. The maximum absolute atomic E-state index is 9.93. The van der Waals surface area contributed by atoms with E-state index < -0.39 is 0 Å². The molecule has 2 heteroatoms. The van der Waals surface area contributed by atoms with E-state index in [0.29, 0.717) is 5.75 Å². The molecule has 0 saturated carbocycles. The van der Waals surface area contributed by atoms with E-state index in [4.69, 9.17) is 0 Å². The molecule has 0 atom stereocenters. The summed E-state index contributed by atoms with van der Waals surface area (Å²) in [5, 5.41) is 0. The molecule has 1 radical (unpaired) electrons. The molecular weight excluding hydrogens is 152 g/mol. The number of hydrogen-bond acceptors (Lipinski definition) is 2. The molecule has 0 unspecified atom stereocenters. The van der Waals surface area contributed by atoms with Crippen molar-refractivity contribution < 1.29 is 9.53 Å². The number of rotatable bonds is 2. The number of aryl methyl sites for hydroxylation is 2. The summed E-state index contributed by atoms with van der Waals surface area (Å²) in [7, 11) is 0. The molecule has 0 N–H and O–H groups in total. The van der Waals surface area contributed by atoms with Crippen molar-refractivity contribution in [3.8, 4) is 5.75 Å². The molecule has 0 fully saturated rings. The first-order chi connectivity index (χ1) is 5.65. The lowest BCUT2D eigenvalue weighted by Gasteiger charge is -2.05. The van der Waals surface area contributed by atoms with Gasteiger partial charge in [0.25, 0.3) is 0 Å².